The molecule has 0 aliphatic rings. The number of rotatable bonds is 6. The van der Waals surface area contributed by atoms with Crippen LogP contribution in [0.5, 0.6) is 0 Å². The molecule has 0 unspecified atom stereocenters. The zero-order valence-corrected chi connectivity index (χ0v) is 19.4. The van der Waals surface area contributed by atoms with Gasteiger partial charge in [0, 0.05) is 11.7 Å². The minimum atomic E-state index is -1.06. The molecule has 4 radical (unpaired) electrons. The molecular weight excluding hydrogens is 439 g/mol. The van der Waals surface area contributed by atoms with Gasteiger partial charge in [-0.25, -0.2) is 0 Å². The summed E-state index contributed by atoms with van der Waals surface area (Å²) in [6.45, 7) is 16.0. The van der Waals surface area contributed by atoms with Crippen molar-refractivity contribution in [3.63, 3.8) is 0 Å². The average molecular weight is 471 g/mol. The second-order valence-corrected chi connectivity index (χ2v) is 5.91. The molecule has 0 aromatic carbocycles. The molecule has 4 nitrogen and oxygen atoms in total. The molecule has 136 valence electrons. The minimum Gasteiger partial charge on any atom is -0.792 e. The van der Waals surface area contributed by atoms with E-state index in [1.54, 1.807) is 0 Å². The number of thiol groups is 1. The van der Waals surface area contributed by atoms with E-state index in [-0.39, 0.29) is 42.5 Å². The zero-order valence-electron chi connectivity index (χ0n) is 14.8. The first kappa shape index (κ1) is 34.7. The molecule has 0 aliphatic carbocycles. The van der Waals surface area contributed by atoms with Crippen LogP contribution in [0.3, 0.4) is 0 Å². The second-order valence-electron chi connectivity index (χ2n) is 5.06. The fourth-order valence-electron chi connectivity index (χ4n) is 0.179. The van der Waals surface area contributed by atoms with Crippen LogP contribution < -0.4 is 5.11 Å². The van der Waals surface area contributed by atoms with Crippen molar-refractivity contribution in [3.8, 4) is 0 Å². The van der Waals surface area contributed by atoms with Crippen LogP contribution in [0, 0.1) is 25.7 Å². The maximum absolute atomic E-state index is 9.55. The van der Waals surface area contributed by atoms with Gasteiger partial charge < -0.3 is 27.6 Å². The largest absolute Gasteiger partial charge is 2.00 e. The molecule has 0 aromatic rings. The maximum atomic E-state index is 9.55. The second kappa shape index (κ2) is 30.3. The summed E-state index contributed by atoms with van der Waals surface area (Å²) in [6.07, 6.45) is 2.26. The van der Waals surface area contributed by atoms with Crippen LogP contribution in [0.1, 0.15) is 53.4 Å². The van der Waals surface area contributed by atoms with Crippen molar-refractivity contribution in [2.45, 2.75) is 53.4 Å². The van der Waals surface area contributed by atoms with Crippen LogP contribution in [0.15, 0.2) is 0 Å². The summed E-state index contributed by atoms with van der Waals surface area (Å²) in [5.41, 5.74) is 0. The Kier molecular flexibility index (Phi) is 45.8. The predicted octanol–water partition coefficient (Wildman–Crippen LogP) is 2.42. The summed E-state index contributed by atoms with van der Waals surface area (Å²) < 4.78 is 0. The monoisotopic (exact) mass is 472 g/mol. The molecule has 0 saturated carbocycles. The summed E-state index contributed by atoms with van der Waals surface area (Å²) in [4.78, 5) is 19.0. The van der Waals surface area contributed by atoms with Crippen LogP contribution in [0.25, 0.3) is 0 Å². The average Bonchev–Trinajstić information content (AvgIpc) is 2.40. The van der Waals surface area contributed by atoms with Gasteiger partial charge in [-0.2, -0.15) is 18.4 Å². The molecule has 0 atom stereocenters. The van der Waals surface area contributed by atoms with E-state index in [1.807, 2.05) is 0 Å². The van der Waals surface area contributed by atoms with Gasteiger partial charge in [0.25, 0.3) is 0 Å². The Hall–Kier alpha value is 0.439. The van der Waals surface area contributed by atoms with Crippen molar-refractivity contribution in [2.75, 3.05) is 11.5 Å². The number of aliphatic carboxylic acids is 2. The van der Waals surface area contributed by atoms with Crippen molar-refractivity contribution < 1.29 is 19.8 Å². The van der Waals surface area contributed by atoms with Gasteiger partial charge in [0.2, 0.25) is 0 Å². The van der Waals surface area contributed by atoms with Crippen molar-refractivity contribution >= 4 is 61.1 Å². The van der Waals surface area contributed by atoms with Crippen LogP contribution in [0.2, 0.25) is 0 Å². The molecule has 0 amide bonds. The maximum Gasteiger partial charge on any atom is 2.00 e. The summed E-state index contributed by atoms with van der Waals surface area (Å²) in [5, 5.41) is 17.3. The Labute approximate surface area is 171 Å². The van der Waals surface area contributed by atoms with Crippen LogP contribution >= 0.6 is 12.6 Å². The Morgan fingerprint density at radius 3 is 1.39 bits per heavy atom. The van der Waals surface area contributed by atoms with E-state index < -0.39 is 11.9 Å². The number of carbonyl (C=O) groups is 2. The first-order valence-corrected chi connectivity index (χ1v) is 8.48. The van der Waals surface area contributed by atoms with E-state index in [0.29, 0.717) is 5.75 Å². The first-order valence-electron chi connectivity index (χ1n) is 7.27. The third-order valence-corrected chi connectivity index (χ3v) is 2.21. The number of carboxylic acid groups (broad SMARTS) is 2. The minimum absolute atomic E-state index is 0. The van der Waals surface area contributed by atoms with Crippen molar-refractivity contribution in [3.05, 3.63) is 13.8 Å². The van der Waals surface area contributed by atoms with E-state index in [2.05, 4.69) is 66.8 Å². The van der Waals surface area contributed by atoms with Crippen molar-refractivity contribution in [1.82, 2.24) is 0 Å². The summed E-state index contributed by atoms with van der Waals surface area (Å²) in [6, 6.07) is 0. The Balaban J connectivity index is -0.0000000620. The third-order valence-electron chi connectivity index (χ3n) is 1.79. The molecule has 0 fully saturated rings. The molecule has 1 N–H and O–H groups in total. The van der Waals surface area contributed by atoms with Gasteiger partial charge in [-0.3, -0.25) is 4.79 Å². The van der Waals surface area contributed by atoms with Crippen molar-refractivity contribution in [1.29, 1.82) is 0 Å². The van der Waals surface area contributed by atoms with E-state index in [1.165, 1.54) is 0 Å². The first-order chi connectivity index (χ1) is 10.1. The van der Waals surface area contributed by atoms with Gasteiger partial charge in [-0.05, 0) is 18.3 Å². The molecule has 0 heterocycles. The van der Waals surface area contributed by atoms with Gasteiger partial charge in [-0.1, -0.05) is 54.4 Å². The fourth-order valence-corrected chi connectivity index (χ4v) is 0.537. The smallest absolute Gasteiger partial charge is 0.792 e. The van der Waals surface area contributed by atoms with Gasteiger partial charge >= 0.3 is 29.9 Å². The molecule has 0 spiro atoms. The number of hydrogen-bond acceptors (Lipinski definition) is 5. The molecule has 0 aromatic heterocycles. The summed E-state index contributed by atoms with van der Waals surface area (Å²) >= 11 is 7.99. The van der Waals surface area contributed by atoms with Crippen LogP contribution in [-0.2, 0) is 22.2 Å². The summed E-state index contributed by atoms with van der Waals surface area (Å²) in [5.74, 6) is 0.373. The summed E-state index contributed by atoms with van der Waals surface area (Å²) in [7, 11) is 0. The van der Waals surface area contributed by atoms with Gasteiger partial charge in [0.15, 0.2) is 0 Å². The van der Waals surface area contributed by atoms with E-state index >= 15 is 0 Å². The molecule has 0 bridgehead atoms. The molecular formula is C16H32O4S2Sn. The molecule has 7 heteroatoms. The van der Waals surface area contributed by atoms with Gasteiger partial charge in [0.05, 0.1) is 6.42 Å². The normalized spacial score (nSPS) is 8.43. The van der Waals surface area contributed by atoms with Crippen molar-refractivity contribution in [2.24, 2.45) is 11.8 Å². The topological polar surface area (TPSA) is 77.4 Å². The number of hydrogen-bond donors (Lipinski definition) is 2. The quantitative estimate of drug-likeness (QED) is 0.354. The molecule has 0 rings (SSSR count). The third kappa shape index (κ3) is 86.0. The molecule has 23 heavy (non-hydrogen) atoms. The zero-order chi connectivity index (χ0) is 18.6. The standard InChI is InChI=1S/2C5H11.2C3H6O2S.Sn/c2*1-4-5(2)3;2*4-3(5)1-2-6;/h2*5H,1,4H2,2-3H3;2*6H,1-2H2,(H,4,5);/q;;;;+2/p-2. The van der Waals surface area contributed by atoms with Gasteiger partial charge in [-0.15, -0.1) is 0 Å². The molecule has 0 aliphatic heterocycles. The Bertz CT molecular complexity index is 214. The van der Waals surface area contributed by atoms with Gasteiger partial charge in [0.1, 0.15) is 0 Å². The molecule has 0 saturated heterocycles. The Morgan fingerprint density at radius 1 is 1.09 bits per heavy atom. The number of carboxylic acids is 2. The Morgan fingerprint density at radius 2 is 1.39 bits per heavy atom. The van der Waals surface area contributed by atoms with Crippen LogP contribution in [0.4, 0.5) is 0 Å². The van der Waals surface area contributed by atoms with E-state index in [9.17, 15) is 14.7 Å². The SMILES string of the molecule is O=C(O)CCS.O=C([O-])CC[S-].[CH2]CC(C)C.[CH2]CC(C)C.[Sn+2]. The number of carbonyl (C=O) groups excluding carboxylic acids is 1. The fraction of sp³-hybridized carbons (Fsp3) is 0.750. The van der Waals surface area contributed by atoms with E-state index in [4.69, 9.17) is 5.11 Å². The predicted molar refractivity (Wildman–Crippen MR) is 103 cm³/mol. The van der Waals surface area contributed by atoms with E-state index in [0.717, 1.165) is 24.7 Å². The van der Waals surface area contributed by atoms with Crippen LogP contribution in [-0.4, -0.2) is 52.5 Å².